The number of aryl methyl sites for hydroxylation is 2. The summed E-state index contributed by atoms with van der Waals surface area (Å²) in [6.07, 6.45) is 3.47. The Balaban J connectivity index is 1.84. The van der Waals surface area contributed by atoms with Gasteiger partial charge in [-0.3, -0.25) is 9.78 Å². The molecule has 0 atom stereocenters. The van der Waals surface area contributed by atoms with Gasteiger partial charge in [-0.25, -0.2) is 4.98 Å². The number of nitrogens with one attached hydrogen (secondary N) is 1. The number of carbonyl (C=O) groups is 1. The van der Waals surface area contributed by atoms with Crippen molar-refractivity contribution in [2.75, 3.05) is 5.32 Å². The maximum Gasteiger partial charge on any atom is 0.267 e. The predicted octanol–water partition coefficient (Wildman–Crippen LogP) is 4.07. The normalized spacial score (nSPS) is 10.5. The molecule has 1 amide bonds. The van der Waals surface area contributed by atoms with Gasteiger partial charge in [0.1, 0.15) is 9.88 Å². The molecule has 0 aliphatic carbocycles. The van der Waals surface area contributed by atoms with Crippen molar-refractivity contribution >= 4 is 22.9 Å². The Morgan fingerprint density at radius 3 is 2.59 bits per heavy atom. The van der Waals surface area contributed by atoms with E-state index < -0.39 is 0 Å². The van der Waals surface area contributed by atoms with Crippen LogP contribution >= 0.6 is 11.3 Å². The summed E-state index contributed by atoms with van der Waals surface area (Å²) in [5.74, 6) is -0.131. The first-order valence-electron chi connectivity index (χ1n) is 6.89. The summed E-state index contributed by atoms with van der Waals surface area (Å²) in [6.45, 7) is 3.86. The highest BCUT2D eigenvalue weighted by molar-refractivity contribution is 7.17. The van der Waals surface area contributed by atoms with Crippen LogP contribution in [0.4, 0.5) is 5.69 Å². The van der Waals surface area contributed by atoms with Crippen molar-refractivity contribution in [3.8, 4) is 10.6 Å². The van der Waals surface area contributed by atoms with E-state index in [4.69, 9.17) is 0 Å². The molecule has 1 N–H and O–H groups in total. The van der Waals surface area contributed by atoms with E-state index in [1.807, 2.05) is 50.2 Å². The highest BCUT2D eigenvalue weighted by atomic mass is 32.1. The molecule has 3 rings (SSSR count). The Bertz CT molecular complexity index is 795. The Kier molecular flexibility index (Phi) is 3.98. The minimum absolute atomic E-state index is 0.131. The lowest BCUT2D eigenvalue weighted by atomic mass is 10.2. The van der Waals surface area contributed by atoms with Crippen LogP contribution in [0.2, 0.25) is 0 Å². The number of carbonyl (C=O) groups excluding carboxylic acids is 1. The zero-order valence-corrected chi connectivity index (χ0v) is 13.1. The third-order valence-corrected chi connectivity index (χ3v) is 4.43. The van der Waals surface area contributed by atoms with Gasteiger partial charge in [-0.1, -0.05) is 17.7 Å². The van der Waals surface area contributed by atoms with E-state index in [-0.39, 0.29) is 5.91 Å². The molecule has 0 saturated heterocycles. The zero-order chi connectivity index (χ0) is 15.5. The number of nitrogens with zero attached hydrogens (tertiary/aromatic N) is 2. The van der Waals surface area contributed by atoms with E-state index in [0.717, 1.165) is 27.5 Å². The van der Waals surface area contributed by atoms with E-state index in [2.05, 4.69) is 15.3 Å². The first-order valence-corrected chi connectivity index (χ1v) is 7.71. The van der Waals surface area contributed by atoms with Crippen molar-refractivity contribution in [2.24, 2.45) is 0 Å². The van der Waals surface area contributed by atoms with Gasteiger partial charge in [0.15, 0.2) is 0 Å². The number of thiazole rings is 1. The third kappa shape index (κ3) is 3.04. The molecule has 0 unspecified atom stereocenters. The summed E-state index contributed by atoms with van der Waals surface area (Å²) in [6, 6.07) is 11.5. The fraction of sp³-hybridized carbons (Fsp3) is 0.118. The molecule has 4 nitrogen and oxygen atoms in total. The van der Waals surface area contributed by atoms with E-state index in [0.29, 0.717) is 4.88 Å². The van der Waals surface area contributed by atoms with Gasteiger partial charge in [-0.2, -0.15) is 0 Å². The quantitative estimate of drug-likeness (QED) is 0.793. The van der Waals surface area contributed by atoms with E-state index in [1.165, 1.54) is 11.3 Å². The van der Waals surface area contributed by atoms with Gasteiger partial charge in [0.2, 0.25) is 0 Å². The topological polar surface area (TPSA) is 54.9 Å². The fourth-order valence-corrected chi connectivity index (χ4v) is 3.00. The average Bonchev–Trinajstić information content (AvgIpc) is 2.92. The van der Waals surface area contributed by atoms with Crippen molar-refractivity contribution in [1.29, 1.82) is 0 Å². The van der Waals surface area contributed by atoms with Crippen LogP contribution in [0.3, 0.4) is 0 Å². The van der Waals surface area contributed by atoms with Gasteiger partial charge in [0.05, 0.1) is 5.69 Å². The molecule has 2 aromatic heterocycles. The molecule has 3 aromatic rings. The zero-order valence-electron chi connectivity index (χ0n) is 12.3. The van der Waals surface area contributed by atoms with Crippen LogP contribution in [0, 0.1) is 13.8 Å². The Morgan fingerprint density at radius 1 is 1.14 bits per heavy atom. The molecule has 0 saturated carbocycles. The van der Waals surface area contributed by atoms with Crippen LogP contribution in [0.15, 0.2) is 48.8 Å². The lowest BCUT2D eigenvalue weighted by Crippen LogP contribution is -2.11. The number of hydrogen-bond acceptors (Lipinski definition) is 4. The Labute approximate surface area is 132 Å². The number of amides is 1. The third-order valence-electron chi connectivity index (χ3n) is 3.22. The van der Waals surface area contributed by atoms with E-state index in [1.54, 1.807) is 12.4 Å². The molecule has 5 heteroatoms. The number of anilines is 1. The second-order valence-electron chi connectivity index (χ2n) is 5.00. The van der Waals surface area contributed by atoms with Crippen molar-refractivity contribution in [3.63, 3.8) is 0 Å². The number of benzene rings is 1. The summed E-state index contributed by atoms with van der Waals surface area (Å²) in [5.41, 5.74) is 3.59. The Hall–Kier alpha value is -2.53. The molecule has 22 heavy (non-hydrogen) atoms. The smallest absolute Gasteiger partial charge is 0.267 e. The molecule has 1 aromatic carbocycles. The first-order chi connectivity index (χ1) is 10.6. The van der Waals surface area contributed by atoms with Gasteiger partial charge in [0.25, 0.3) is 5.91 Å². The summed E-state index contributed by atoms with van der Waals surface area (Å²) < 4.78 is 0. The molecule has 0 radical (unpaired) electrons. The van der Waals surface area contributed by atoms with Gasteiger partial charge < -0.3 is 5.32 Å². The fourth-order valence-electron chi connectivity index (χ4n) is 2.04. The van der Waals surface area contributed by atoms with Gasteiger partial charge in [-0.05, 0) is 38.1 Å². The van der Waals surface area contributed by atoms with Crippen LogP contribution in [0.5, 0.6) is 0 Å². The van der Waals surface area contributed by atoms with Crippen LogP contribution in [-0.4, -0.2) is 15.9 Å². The summed E-state index contributed by atoms with van der Waals surface area (Å²) >= 11 is 1.38. The van der Waals surface area contributed by atoms with Crippen molar-refractivity contribution in [3.05, 3.63) is 64.9 Å². The van der Waals surface area contributed by atoms with Crippen LogP contribution in [0.25, 0.3) is 10.6 Å². The monoisotopic (exact) mass is 309 g/mol. The summed E-state index contributed by atoms with van der Waals surface area (Å²) in [7, 11) is 0. The largest absolute Gasteiger partial charge is 0.321 e. The minimum Gasteiger partial charge on any atom is -0.321 e. The van der Waals surface area contributed by atoms with Crippen LogP contribution in [0.1, 0.15) is 20.9 Å². The first kappa shape index (κ1) is 14.4. The summed E-state index contributed by atoms with van der Waals surface area (Å²) in [4.78, 5) is 21.6. The Morgan fingerprint density at radius 2 is 1.91 bits per heavy atom. The predicted molar refractivity (Wildman–Crippen MR) is 89.2 cm³/mol. The second-order valence-corrected chi connectivity index (χ2v) is 5.99. The minimum atomic E-state index is -0.131. The maximum absolute atomic E-state index is 12.4. The van der Waals surface area contributed by atoms with Crippen molar-refractivity contribution in [2.45, 2.75) is 13.8 Å². The van der Waals surface area contributed by atoms with Crippen molar-refractivity contribution < 1.29 is 4.79 Å². The second kappa shape index (κ2) is 6.07. The van der Waals surface area contributed by atoms with Gasteiger partial charge in [0, 0.05) is 23.6 Å². The molecule has 110 valence electrons. The molecule has 0 fully saturated rings. The van der Waals surface area contributed by atoms with Crippen LogP contribution in [-0.2, 0) is 0 Å². The van der Waals surface area contributed by atoms with E-state index in [9.17, 15) is 4.79 Å². The number of hydrogen-bond donors (Lipinski definition) is 1. The molecule has 0 aliphatic heterocycles. The number of rotatable bonds is 3. The highest BCUT2D eigenvalue weighted by Crippen LogP contribution is 2.27. The molecule has 2 heterocycles. The van der Waals surface area contributed by atoms with Gasteiger partial charge >= 0.3 is 0 Å². The van der Waals surface area contributed by atoms with E-state index >= 15 is 0 Å². The lowest BCUT2D eigenvalue weighted by Gasteiger charge is -2.04. The molecule has 0 aliphatic rings. The molecule has 0 bridgehead atoms. The SMILES string of the molecule is Cc1ccc(NC(=O)c2sc(-c3cccnc3)nc2C)cc1. The lowest BCUT2D eigenvalue weighted by molar-refractivity contribution is 0.103. The van der Waals surface area contributed by atoms with Crippen molar-refractivity contribution in [1.82, 2.24) is 9.97 Å². The highest BCUT2D eigenvalue weighted by Gasteiger charge is 2.16. The summed E-state index contributed by atoms with van der Waals surface area (Å²) in [5, 5.41) is 3.71. The molecular weight excluding hydrogens is 294 g/mol. The number of pyridine rings is 1. The average molecular weight is 309 g/mol. The molecular formula is C17H15N3OS. The number of aromatic nitrogens is 2. The maximum atomic E-state index is 12.4. The molecule has 0 spiro atoms. The standard InChI is InChI=1S/C17H15N3OS/c1-11-5-7-14(8-6-11)20-16(21)15-12(2)19-17(22-15)13-4-3-9-18-10-13/h3-10H,1-2H3,(H,20,21). The van der Waals surface area contributed by atoms with Gasteiger partial charge in [-0.15, -0.1) is 11.3 Å². The van der Waals surface area contributed by atoms with Crippen LogP contribution < -0.4 is 5.32 Å².